The first-order valence-electron chi connectivity index (χ1n) is 9.96. The van der Waals surface area contributed by atoms with Gasteiger partial charge in [0.2, 0.25) is 0 Å². The molecule has 0 aliphatic carbocycles. The van der Waals surface area contributed by atoms with Crippen molar-refractivity contribution in [3.05, 3.63) is 109 Å². The van der Waals surface area contributed by atoms with Gasteiger partial charge >= 0.3 is 0 Å². The number of carbonyl (C=O) groups is 2. The predicted molar refractivity (Wildman–Crippen MR) is 127 cm³/mol. The summed E-state index contributed by atoms with van der Waals surface area (Å²) in [5.74, 6) is -0.607. The van der Waals surface area contributed by atoms with Crippen LogP contribution >= 0.6 is 23.4 Å². The van der Waals surface area contributed by atoms with Crippen LogP contribution in [0.5, 0.6) is 5.75 Å². The number of rotatable bonds is 7. The molecule has 0 bridgehead atoms. The number of nitro groups is 1. The fourth-order valence-corrected chi connectivity index (χ4v) is 4.26. The van der Waals surface area contributed by atoms with E-state index in [0.717, 1.165) is 22.2 Å². The molecule has 1 heterocycles. The Balaban J connectivity index is 1.45. The molecule has 0 spiro atoms. The number of nitrogens with zero attached hydrogens (tertiary/aromatic N) is 2. The first-order chi connectivity index (χ1) is 16.3. The van der Waals surface area contributed by atoms with Gasteiger partial charge in [-0.05, 0) is 65.4 Å². The van der Waals surface area contributed by atoms with E-state index in [-0.39, 0.29) is 34.3 Å². The quantitative estimate of drug-likeness (QED) is 0.219. The highest BCUT2D eigenvalue weighted by atomic mass is 35.5. The van der Waals surface area contributed by atoms with Gasteiger partial charge < -0.3 is 4.74 Å². The molecule has 0 radical (unpaired) electrons. The molecule has 10 heteroatoms. The van der Waals surface area contributed by atoms with Gasteiger partial charge in [-0.25, -0.2) is 4.39 Å². The van der Waals surface area contributed by atoms with E-state index in [9.17, 15) is 24.1 Å². The minimum Gasteiger partial charge on any atom is -0.489 e. The van der Waals surface area contributed by atoms with Crippen LogP contribution in [0.4, 0.5) is 14.9 Å². The van der Waals surface area contributed by atoms with E-state index < -0.39 is 21.9 Å². The molecule has 0 N–H and O–H groups in total. The summed E-state index contributed by atoms with van der Waals surface area (Å²) in [5, 5.41) is 10.4. The van der Waals surface area contributed by atoms with Crippen molar-refractivity contribution in [2.75, 3.05) is 0 Å². The summed E-state index contributed by atoms with van der Waals surface area (Å²) in [6.07, 6.45) is 1.56. The molecule has 2 amide bonds. The summed E-state index contributed by atoms with van der Waals surface area (Å²) in [4.78, 5) is 36.6. The van der Waals surface area contributed by atoms with E-state index in [1.54, 1.807) is 42.5 Å². The Labute approximate surface area is 202 Å². The van der Waals surface area contributed by atoms with E-state index in [2.05, 4.69) is 0 Å². The second-order valence-corrected chi connectivity index (χ2v) is 8.65. The number of thioether (sulfide) groups is 1. The standard InChI is InChI=1S/C24H16ClFN2O5S/c25-20-5-2-6-21(26)19(20)13-27-23(29)22(34-24(27)30)12-16-3-1-4-18(11-16)33-14-15-7-9-17(10-8-15)28(31)32/h1-12H,13-14H2/b22-12-. The highest BCUT2D eigenvalue weighted by molar-refractivity contribution is 8.18. The lowest BCUT2D eigenvalue weighted by atomic mass is 10.1. The topological polar surface area (TPSA) is 89.7 Å². The van der Waals surface area contributed by atoms with Gasteiger partial charge in [-0.1, -0.05) is 29.8 Å². The molecule has 4 rings (SSSR count). The van der Waals surface area contributed by atoms with Crippen LogP contribution in [0.1, 0.15) is 16.7 Å². The van der Waals surface area contributed by atoms with Crippen LogP contribution in [0.15, 0.2) is 71.6 Å². The van der Waals surface area contributed by atoms with Gasteiger partial charge in [0.15, 0.2) is 0 Å². The molecule has 1 saturated heterocycles. The van der Waals surface area contributed by atoms with Crippen LogP contribution < -0.4 is 4.74 Å². The molecule has 0 aromatic heterocycles. The Morgan fingerprint density at radius 3 is 2.53 bits per heavy atom. The number of ether oxygens (including phenoxy) is 1. The third-order valence-corrected chi connectivity index (χ3v) is 6.22. The number of amides is 2. The molecule has 3 aromatic carbocycles. The highest BCUT2D eigenvalue weighted by Gasteiger charge is 2.35. The van der Waals surface area contributed by atoms with Crippen molar-refractivity contribution in [3.63, 3.8) is 0 Å². The largest absolute Gasteiger partial charge is 0.489 e. The molecular formula is C24H16ClFN2O5S. The zero-order chi connectivity index (χ0) is 24.2. The van der Waals surface area contributed by atoms with Crippen molar-refractivity contribution in [1.29, 1.82) is 0 Å². The zero-order valence-electron chi connectivity index (χ0n) is 17.4. The second-order valence-electron chi connectivity index (χ2n) is 7.25. The van der Waals surface area contributed by atoms with Gasteiger partial charge in [-0.15, -0.1) is 0 Å². The van der Waals surface area contributed by atoms with E-state index in [1.165, 1.54) is 30.3 Å². The number of hydrogen-bond donors (Lipinski definition) is 0. The number of benzene rings is 3. The van der Waals surface area contributed by atoms with Crippen molar-refractivity contribution in [1.82, 2.24) is 4.90 Å². The van der Waals surface area contributed by atoms with Gasteiger partial charge in [-0.3, -0.25) is 24.6 Å². The third kappa shape index (κ3) is 5.27. The van der Waals surface area contributed by atoms with Gasteiger partial charge in [0.25, 0.3) is 16.8 Å². The van der Waals surface area contributed by atoms with Crippen molar-refractivity contribution in [3.8, 4) is 5.75 Å². The Morgan fingerprint density at radius 1 is 1.09 bits per heavy atom. The average molecular weight is 499 g/mol. The van der Waals surface area contributed by atoms with E-state index in [1.807, 2.05) is 0 Å². The lowest BCUT2D eigenvalue weighted by molar-refractivity contribution is -0.384. The summed E-state index contributed by atoms with van der Waals surface area (Å²) >= 11 is 6.79. The van der Waals surface area contributed by atoms with E-state index >= 15 is 0 Å². The highest BCUT2D eigenvalue weighted by Crippen LogP contribution is 2.35. The summed E-state index contributed by atoms with van der Waals surface area (Å²) in [7, 11) is 0. The summed E-state index contributed by atoms with van der Waals surface area (Å²) < 4.78 is 19.8. The molecule has 1 aliphatic heterocycles. The smallest absolute Gasteiger partial charge is 0.293 e. The second kappa shape index (κ2) is 10.1. The number of hydrogen-bond acceptors (Lipinski definition) is 6. The Kier molecular flexibility index (Phi) is 6.95. The molecule has 3 aromatic rings. The Hall–Kier alpha value is -3.69. The maximum absolute atomic E-state index is 14.1. The molecule has 0 unspecified atom stereocenters. The minimum absolute atomic E-state index is 0.00281. The molecule has 0 atom stereocenters. The number of non-ortho nitro benzene ring substituents is 1. The number of nitro benzene ring substituents is 1. The average Bonchev–Trinajstić information content (AvgIpc) is 3.07. The van der Waals surface area contributed by atoms with Crippen LogP contribution in [0.25, 0.3) is 6.08 Å². The van der Waals surface area contributed by atoms with Crippen LogP contribution in [-0.2, 0) is 17.9 Å². The third-order valence-electron chi connectivity index (χ3n) is 4.96. The van der Waals surface area contributed by atoms with Crippen LogP contribution in [0.2, 0.25) is 5.02 Å². The number of carbonyl (C=O) groups excluding carboxylic acids is 2. The van der Waals surface area contributed by atoms with Gasteiger partial charge in [-0.2, -0.15) is 0 Å². The van der Waals surface area contributed by atoms with Crippen molar-refractivity contribution in [2.45, 2.75) is 13.2 Å². The lowest BCUT2D eigenvalue weighted by Crippen LogP contribution is -2.28. The fourth-order valence-electron chi connectivity index (χ4n) is 3.20. The Bertz CT molecular complexity index is 1290. The van der Waals surface area contributed by atoms with Crippen molar-refractivity contribution >= 4 is 46.3 Å². The van der Waals surface area contributed by atoms with Gasteiger partial charge in [0, 0.05) is 22.7 Å². The molecular weight excluding hydrogens is 483 g/mol. The first-order valence-corrected chi connectivity index (χ1v) is 11.2. The summed E-state index contributed by atoms with van der Waals surface area (Å²) in [5.41, 5.74) is 1.46. The monoisotopic (exact) mass is 498 g/mol. The molecule has 172 valence electrons. The normalized spacial score (nSPS) is 14.6. The van der Waals surface area contributed by atoms with Gasteiger partial charge in [0.1, 0.15) is 18.2 Å². The molecule has 1 fully saturated rings. The molecule has 34 heavy (non-hydrogen) atoms. The van der Waals surface area contributed by atoms with Crippen LogP contribution in [0.3, 0.4) is 0 Å². The first kappa shape index (κ1) is 23.5. The molecule has 7 nitrogen and oxygen atoms in total. The SMILES string of the molecule is O=C1S/C(=C\c2cccc(OCc3ccc([N+](=O)[O-])cc3)c2)C(=O)N1Cc1c(F)cccc1Cl. The maximum Gasteiger partial charge on any atom is 0.293 e. The summed E-state index contributed by atoms with van der Waals surface area (Å²) in [6, 6.07) is 17.1. The minimum atomic E-state index is -0.589. The zero-order valence-corrected chi connectivity index (χ0v) is 19.0. The van der Waals surface area contributed by atoms with Crippen LogP contribution in [-0.4, -0.2) is 21.0 Å². The van der Waals surface area contributed by atoms with E-state index in [4.69, 9.17) is 16.3 Å². The fraction of sp³-hybridized carbons (Fsp3) is 0.0833. The van der Waals surface area contributed by atoms with Gasteiger partial charge in [0.05, 0.1) is 16.4 Å². The molecule has 1 aliphatic rings. The lowest BCUT2D eigenvalue weighted by Gasteiger charge is -2.14. The maximum atomic E-state index is 14.1. The number of halogens is 2. The van der Waals surface area contributed by atoms with Crippen molar-refractivity contribution in [2.24, 2.45) is 0 Å². The summed E-state index contributed by atoms with van der Waals surface area (Å²) in [6.45, 7) is -0.0622. The number of imide groups is 1. The van der Waals surface area contributed by atoms with Crippen LogP contribution in [0, 0.1) is 15.9 Å². The molecule has 0 saturated carbocycles. The van der Waals surface area contributed by atoms with Crippen molar-refractivity contribution < 1.29 is 23.6 Å². The Morgan fingerprint density at radius 2 is 1.82 bits per heavy atom. The van der Waals surface area contributed by atoms with E-state index in [0.29, 0.717) is 11.3 Å². The predicted octanol–water partition coefficient (Wildman–Crippen LogP) is 6.20.